The van der Waals surface area contributed by atoms with E-state index in [1.807, 2.05) is 0 Å². The summed E-state index contributed by atoms with van der Waals surface area (Å²) in [6, 6.07) is 8.09. The van der Waals surface area contributed by atoms with Gasteiger partial charge in [0, 0.05) is 12.1 Å². The van der Waals surface area contributed by atoms with Crippen molar-refractivity contribution in [3.05, 3.63) is 34.9 Å². The number of nitrogens with zero attached hydrogens (tertiary/aromatic N) is 1. The largest absolute Gasteiger partial charge is 0.330 e. The summed E-state index contributed by atoms with van der Waals surface area (Å²) in [5, 5.41) is 0. The van der Waals surface area contributed by atoms with Crippen LogP contribution >= 0.6 is 0 Å². The van der Waals surface area contributed by atoms with Crippen molar-refractivity contribution >= 4 is 0 Å². The highest BCUT2D eigenvalue weighted by atomic mass is 15.2. The molecule has 2 rings (SSSR count). The Morgan fingerprint density at radius 3 is 2.33 bits per heavy atom. The van der Waals surface area contributed by atoms with Crippen molar-refractivity contribution in [2.45, 2.75) is 65.5 Å². The molecule has 0 aromatic heterocycles. The number of benzene rings is 1. The lowest BCUT2D eigenvalue weighted by molar-refractivity contribution is 0.0769. The molecule has 0 amide bonds. The van der Waals surface area contributed by atoms with Crippen LogP contribution in [0.3, 0.4) is 0 Å². The summed E-state index contributed by atoms with van der Waals surface area (Å²) in [4.78, 5) is 2.69. The number of aryl methyl sites for hydroxylation is 2. The van der Waals surface area contributed by atoms with E-state index in [0.29, 0.717) is 18.0 Å². The zero-order valence-corrected chi connectivity index (χ0v) is 14.2. The quantitative estimate of drug-likeness (QED) is 0.879. The van der Waals surface area contributed by atoms with Gasteiger partial charge in [-0.25, -0.2) is 0 Å². The predicted octanol–water partition coefficient (Wildman–Crippen LogP) is 4.20. The summed E-state index contributed by atoms with van der Waals surface area (Å²) in [5.41, 5.74) is 10.2. The molecular weight excluding hydrogens is 256 g/mol. The molecule has 3 atom stereocenters. The van der Waals surface area contributed by atoms with Crippen LogP contribution in [0.25, 0.3) is 0 Å². The van der Waals surface area contributed by atoms with Crippen LogP contribution in [0.5, 0.6) is 0 Å². The third-order valence-corrected chi connectivity index (χ3v) is 5.19. The normalized spacial score (nSPS) is 24.3. The first-order valence-corrected chi connectivity index (χ1v) is 8.60. The molecule has 0 heterocycles. The lowest BCUT2D eigenvalue weighted by atomic mass is 9.82. The van der Waals surface area contributed by atoms with Crippen LogP contribution in [0.1, 0.15) is 62.3 Å². The Bertz CT molecular complexity index is 435. The van der Waals surface area contributed by atoms with Crippen LogP contribution < -0.4 is 5.73 Å². The molecule has 0 saturated heterocycles. The number of rotatable bonds is 5. The van der Waals surface area contributed by atoms with Gasteiger partial charge in [-0.1, -0.05) is 49.1 Å². The van der Waals surface area contributed by atoms with Crippen molar-refractivity contribution in [1.82, 2.24) is 4.90 Å². The van der Waals surface area contributed by atoms with Gasteiger partial charge in [-0.3, -0.25) is 4.90 Å². The molecule has 1 aromatic rings. The first kappa shape index (κ1) is 16.5. The van der Waals surface area contributed by atoms with Gasteiger partial charge >= 0.3 is 0 Å². The Labute approximate surface area is 130 Å². The molecule has 21 heavy (non-hydrogen) atoms. The molecule has 1 aliphatic rings. The average molecular weight is 288 g/mol. The fraction of sp³-hybridized carbons (Fsp3) is 0.684. The maximum absolute atomic E-state index is 6.05. The van der Waals surface area contributed by atoms with Gasteiger partial charge in [0.25, 0.3) is 0 Å². The van der Waals surface area contributed by atoms with Crippen molar-refractivity contribution in [2.24, 2.45) is 11.7 Å². The van der Waals surface area contributed by atoms with Gasteiger partial charge in [-0.2, -0.15) is 0 Å². The lowest BCUT2D eigenvalue weighted by Gasteiger charge is -2.42. The Hall–Kier alpha value is -0.860. The van der Waals surface area contributed by atoms with Crippen LogP contribution in [0.15, 0.2) is 18.2 Å². The van der Waals surface area contributed by atoms with E-state index < -0.39 is 0 Å². The second-order valence-electron chi connectivity index (χ2n) is 6.78. The Kier molecular flexibility index (Phi) is 5.83. The maximum Gasteiger partial charge on any atom is 0.0323 e. The second kappa shape index (κ2) is 7.42. The molecule has 118 valence electrons. The zero-order chi connectivity index (χ0) is 15.4. The van der Waals surface area contributed by atoms with E-state index in [4.69, 9.17) is 5.73 Å². The van der Waals surface area contributed by atoms with Gasteiger partial charge in [0.2, 0.25) is 0 Å². The molecule has 2 heteroatoms. The van der Waals surface area contributed by atoms with E-state index in [0.717, 1.165) is 13.1 Å². The van der Waals surface area contributed by atoms with Crippen molar-refractivity contribution in [3.8, 4) is 0 Å². The van der Waals surface area contributed by atoms with Crippen molar-refractivity contribution < 1.29 is 0 Å². The molecule has 1 aromatic carbocycles. The van der Waals surface area contributed by atoms with E-state index in [9.17, 15) is 0 Å². The van der Waals surface area contributed by atoms with Crippen LogP contribution in [0.4, 0.5) is 0 Å². The van der Waals surface area contributed by atoms with Crippen LogP contribution in [-0.4, -0.2) is 24.0 Å². The fourth-order valence-electron chi connectivity index (χ4n) is 4.14. The van der Waals surface area contributed by atoms with E-state index in [1.54, 1.807) is 0 Å². The topological polar surface area (TPSA) is 29.3 Å². The Balaban J connectivity index is 2.22. The molecule has 0 radical (unpaired) electrons. The van der Waals surface area contributed by atoms with E-state index in [2.05, 4.69) is 50.8 Å². The SMILES string of the molecule is CCN(C(C)c1cc(C)cc(C)c1)C1CCCCC1CN. The summed E-state index contributed by atoms with van der Waals surface area (Å²) in [6.45, 7) is 11.0. The van der Waals surface area contributed by atoms with Crippen LogP contribution in [-0.2, 0) is 0 Å². The van der Waals surface area contributed by atoms with E-state index >= 15 is 0 Å². The first-order chi connectivity index (χ1) is 10.1. The summed E-state index contributed by atoms with van der Waals surface area (Å²) in [5.74, 6) is 0.673. The molecule has 1 fully saturated rings. The fourth-order valence-corrected chi connectivity index (χ4v) is 4.14. The molecule has 1 aliphatic carbocycles. The van der Waals surface area contributed by atoms with Gasteiger partial charge in [-0.05, 0) is 58.2 Å². The van der Waals surface area contributed by atoms with Gasteiger partial charge in [0.1, 0.15) is 0 Å². The Morgan fingerprint density at radius 2 is 1.76 bits per heavy atom. The minimum Gasteiger partial charge on any atom is -0.330 e. The minimum absolute atomic E-state index is 0.478. The summed E-state index contributed by atoms with van der Waals surface area (Å²) in [7, 11) is 0. The maximum atomic E-state index is 6.05. The highest BCUT2D eigenvalue weighted by Crippen LogP contribution is 2.33. The number of nitrogens with two attached hydrogens (primary N) is 1. The van der Waals surface area contributed by atoms with Gasteiger partial charge in [-0.15, -0.1) is 0 Å². The van der Waals surface area contributed by atoms with E-state index in [-0.39, 0.29) is 0 Å². The molecule has 0 aliphatic heterocycles. The number of hydrogen-bond acceptors (Lipinski definition) is 2. The van der Waals surface area contributed by atoms with Crippen molar-refractivity contribution in [3.63, 3.8) is 0 Å². The smallest absolute Gasteiger partial charge is 0.0323 e. The zero-order valence-electron chi connectivity index (χ0n) is 14.2. The highest BCUT2D eigenvalue weighted by Gasteiger charge is 2.31. The molecule has 1 saturated carbocycles. The van der Waals surface area contributed by atoms with Crippen LogP contribution in [0.2, 0.25) is 0 Å². The molecule has 2 N–H and O–H groups in total. The molecular formula is C19H32N2. The molecule has 0 bridgehead atoms. The summed E-state index contributed by atoms with van der Waals surface area (Å²) in [6.07, 6.45) is 5.33. The van der Waals surface area contributed by atoms with Gasteiger partial charge in [0.05, 0.1) is 0 Å². The standard InChI is InChI=1S/C19H32N2/c1-5-21(19-9-7-6-8-17(19)13-20)16(4)18-11-14(2)10-15(3)12-18/h10-12,16-17,19H,5-9,13,20H2,1-4H3. The lowest BCUT2D eigenvalue weighted by Crippen LogP contribution is -2.46. The van der Waals surface area contributed by atoms with Gasteiger partial charge in [0.15, 0.2) is 0 Å². The highest BCUT2D eigenvalue weighted by molar-refractivity contribution is 5.30. The van der Waals surface area contributed by atoms with Gasteiger partial charge < -0.3 is 5.73 Å². The predicted molar refractivity (Wildman–Crippen MR) is 91.5 cm³/mol. The van der Waals surface area contributed by atoms with E-state index in [1.165, 1.54) is 42.4 Å². The van der Waals surface area contributed by atoms with Crippen LogP contribution in [0, 0.1) is 19.8 Å². The summed E-state index contributed by atoms with van der Waals surface area (Å²) >= 11 is 0. The number of hydrogen-bond donors (Lipinski definition) is 1. The summed E-state index contributed by atoms with van der Waals surface area (Å²) < 4.78 is 0. The Morgan fingerprint density at radius 1 is 1.14 bits per heavy atom. The molecule has 2 nitrogen and oxygen atoms in total. The van der Waals surface area contributed by atoms with Crippen molar-refractivity contribution in [1.29, 1.82) is 0 Å². The average Bonchev–Trinajstić information content (AvgIpc) is 2.47. The molecule has 0 spiro atoms. The third kappa shape index (κ3) is 3.87. The second-order valence-corrected chi connectivity index (χ2v) is 6.78. The minimum atomic E-state index is 0.478. The first-order valence-electron chi connectivity index (χ1n) is 8.60. The third-order valence-electron chi connectivity index (χ3n) is 5.19. The molecule has 3 unspecified atom stereocenters. The van der Waals surface area contributed by atoms with Crippen molar-refractivity contribution in [2.75, 3.05) is 13.1 Å². The monoisotopic (exact) mass is 288 g/mol.